The van der Waals surface area contributed by atoms with Crippen LogP contribution in [0.15, 0.2) is 0 Å². The highest BCUT2D eigenvalue weighted by atomic mass is 19.1. The SMILES string of the molecule is [B]OC(=O)C([B])([B])N([B])C(=O)c1nc([B])c(-c2c([B])c([B])c([B])c(F)c2[B])c([B])c1O[B]. The van der Waals surface area contributed by atoms with Gasteiger partial charge in [-0.3, -0.25) is 14.6 Å². The minimum Gasteiger partial charge on any atom is -0.567 e. The molecule has 1 amide bonds. The Morgan fingerprint density at radius 3 is 1.94 bits per heavy atom. The van der Waals surface area contributed by atoms with Gasteiger partial charge in [0.25, 0.3) is 11.9 Å². The van der Waals surface area contributed by atoms with E-state index in [0.29, 0.717) is 0 Å². The number of benzene rings is 1. The zero-order valence-corrected chi connectivity index (χ0v) is 16.3. The zero-order valence-electron chi connectivity index (χ0n) is 16.3. The van der Waals surface area contributed by atoms with Crippen LogP contribution in [0.5, 0.6) is 5.75 Å². The maximum atomic E-state index is 14.4. The molecule has 0 saturated carbocycles. The molecule has 32 heavy (non-hydrogen) atoms. The Morgan fingerprint density at radius 2 is 1.44 bits per heavy atom. The summed E-state index contributed by atoms with van der Waals surface area (Å²) < 4.78 is 22.9. The molecule has 22 radical (unpaired) electrons. The highest BCUT2D eigenvalue weighted by Gasteiger charge is 2.36. The summed E-state index contributed by atoms with van der Waals surface area (Å²) >= 11 is 0. The van der Waals surface area contributed by atoms with Crippen molar-refractivity contribution in [2.75, 3.05) is 0 Å². The Bertz CT molecular complexity index is 1100. The second-order valence-corrected chi connectivity index (χ2v) is 6.33. The smallest absolute Gasteiger partial charge is 0.378 e. The van der Waals surface area contributed by atoms with Gasteiger partial charge in [-0.25, -0.2) is 4.39 Å². The van der Waals surface area contributed by atoms with E-state index in [1.54, 1.807) is 0 Å². The lowest BCUT2D eigenvalue weighted by Crippen LogP contribution is -2.58. The molecule has 0 aliphatic carbocycles. The van der Waals surface area contributed by atoms with E-state index >= 15 is 0 Å². The lowest BCUT2D eigenvalue weighted by Gasteiger charge is -2.35. The van der Waals surface area contributed by atoms with E-state index < -0.39 is 56.5 Å². The predicted octanol–water partition coefficient (Wildman–Crippen LogP) is -7.74. The first-order valence-electron chi connectivity index (χ1n) is 8.19. The first-order chi connectivity index (χ1) is 14.7. The zero-order chi connectivity index (χ0) is 24.7. The predicted molar refractivity (Wildman–Crippen MR) is 126 cm³/mol. The van der Waals surface area contributed by atoms with E-state index in [9.17, 15) is 14.0 Å². The lowest BCUT2D eigenvalue weighted by molar-refractivity contribution is -0.136. The van der Waals surface area contributed by atoms with Crippen molar-refractivity contribution in [2.45, 2.75) is 5.34 Å². The second kappa shape index (κ2) is 9.32. The van der Waals surface area contributed by atoms with Crippen molar-refractivity contribution in [3.8, 4) is 16.9 Å². The Balaban J connectivity index is 2.80. The normalized spacial score (nSPS) is 11.0. The van der Waals surface area contributed by atoms with Gasteiger partial charge in [0, 0.05) is 5.34 Å². The van der Waals surface area contributed by atoms with E-state index in [4.69, 9.17) is 86.8 Å². The lowest BCUT2D eigenvalue weighted by atomic mass is 9.59. The first-order valence-corrected chi connectivity index (χ1v) is 8.19. The molecule has 1 heterocycles. The van der Waals surface area contributed by atoms with Gasteiger partial charge in [-0.2, -0.15) is 0 Å². The van der Waals surface area contributed by atoms with Crippen LogP contribution in [-0.4, -0.2) is 114 Å². The summed E-state index contributed by atoms with van der Waals surface area (Å²) in [6.07, 6.45) is 0. The Morgan fingerprint density at radius 1 is 0.875 bits per heavy atom. The van der Waals surface area contributed by atoms with Crippen molar-refractivity contribution in [1.29, 1.82) is 0 Å². The van der Waals surface area contributed by atoms with Gasteiger partial charge in [-0.05, 0) is 22.2 Å². The molecule has 6 nitrogen and oxygen atoms in total. The molecule has 0 aliphatic heterocycles. The summed E-state index contributed by atoms with van der Waals surface area (Å²) in [5.74, 6) is -4.59. The van der Waals surface area contributed by atoms with Crippen molar-refractivity contribution in [3.63, 3.8) is 0 Å². The number of hydrogen-bond acceptors (Lipinski definition) is 5. The van der Waals surface area contributed by atoms with Gasteiger partial charge in [0.15, 0.2) is 5.69 Å². The number of nitrogens with zero attached hydrogens (tertiary/aromatic N) is 2. The van der Waals surface area contributed by atoms with Crippen LogP contribution < -0.4 is 37.6 Å². The fourth-order valence-corrected chi connectivity index (χ4v) is 2.68. The summed E-state index contributed by atoms with van der Waals surface area (Å²) in [6, 6.07) is 0. The highest BCUT2D eigenvalue weighted by Crippen LogP contribution is 2.21. The number of hydrogen-bond donors (Lipinski definition) is 0. The number of carbonyl (C=O) groups excluding carboxylic acids is 2. The molecule has 0 unspecified atom stereocenters. The third-order valence-electron chi connectivity index (χ3n) is 4.43. The van der Waals surface area contributed by atoms with Gasteiger partial charge >= 0.3 is 16.1 Å². The van der Waals surface area contributed by atoms with Gasteiger partial charge in [0.2, 0.25) is 7.98 Å². The third kappa shape index (κ3) is 4.08. The molecule has 1 aromatic heterocycles. The standard InChI is InChI=1S/C14B11FN2O4/c15-3-1(4(16)8(26)7(19)6(3)18)2-5(17)10(31-24)9(27-11(2)20)12(29)28(23)14(21,22)13(30)32-25. The Kier molecular flexibility index (Phi) is 7.57. The topological polar surface area (TPSA) is 68.7 Å². The first kappa shape index (κ1) is 26.0. The fraction of sp³-hybridized carbons (Fsp3) is 0.0714. The van der Waals surface area contributed by atoms with Crippen molar-refractivity contribution in [2.24, 2.45) is 0 Å². The minimum absolute atomic E-state index is 0.00912. The number of pyridine rings is 1. The van der Waals surface area contributed by atoms with Crippen LogP contribution >= 0.6 is 0 Å². The van der Waals surface area contributed by atoms with Crippen LogP contribution in [0.25, 0.3) is 11.1 Å². The minimum atomic E-state index is -2.75. The molecule has 0 aliphatic rings. The van der Waals surface area contributed by atoms with Gasteiger partial charge in [-0.1, -0.05) is 16.4 Å². The Labute approximate surface area is 198 Å². The van der Waals surface area contributed by atoms with E-state index in [2.05, 4.69) is 14.3 Å². The van der Waals surface area contributed by atoms with Crippen LogP contribution in [0.3, 0.4) is 0 Å². The maximum absolute atomic E-state index is 14.4. The number of amides is 1. The quantitative estimate of drug-likeness (QED) is 0.469. The molecule has 2 aromatic rings. The van der Waals surface area contributed by atoms with Gasteiger partial charge in [-0.15, -0.1) is 5.46 Å². The number of halogens is 1. The summed E-state index contributed by atoms with van der Waals surface area (Å²) in [5, 5.41) is -2.75. The molecular formula is C14B11FN2O4. The summed E-state index contributed by atoms with van der Waals surface area (Å²) in [4.78, 5) is 28.2. The largest absolute Gasteiger partial charge is 0.567 e. The van der Waals surface area contributed by atoms with Crippen molar-refractivity contribution >= 4 is 132 Å². The Hall–Kier alpha value is -2.25. The van der Waals surface area contributed by atoms with Crippen LogP contribution in [0, 0.1) is 5.82 Å². The summed E-state index contributed by atoms with van der Waals surface area (Å²) in [6.45, 7) is 0. The second-order valence-electron chi connectivity index (χ2n) is 6.33. The van der Waals surface area contributed by atoms with E-state index in [1.807, 2.05) is 0 Å². The molecule has 0 bridgehead atoms. The summed E-state index contributed by atoms with van der Waals surface area (Å²) in [5.41, 5.74) is -4.09. The third-order valence-corrected chi connectivity index (χ3v) is 4.43. The van der Waals surface area contributed by atoms with Crippen molar-refractivity contribution in [3.05, 3.63) is 11.5 Å². The maximum Gasteiger partial charge on any atom is 0.378 e. The average Bonchev–Trinajstić information content (AvgIpc) is 2.76. The highest BCUT2D eigenvalue weighted by molar-refractivity contribution is 6.62. The molecule has 0 spiro atoms. The van der Waals surface area contributed by atoms with Gasteiger partial charge in [0.1, 0.15) is 74.3 Å². The van der Waals surface area contributed by atoms with Crippen molar-refractivity contribution < 1.29 is 23.3 Å². The molecule has 130 valence electrons. The van der Waals surface area contributed by atoms with Gasteiger partial charge < -0.3 is 14.1 Å². The molecule has 0 saturated heterocycles. The molecule has 0 N–H and O–H groups in total. The van der Waals surface area contributed by atoms with Crippen LogP contribution in [0.1, 0.15) is 10.5 Å². The number of carbonyl (C=O) groups is 2. The molecule has 1 aromatic carbocycles. The summed E-state index contributed by atoms with van der Waals surface area (Å²) in [7, 11) is 61.2. The average molecular weight is 398 g/mol. The molecule has 18 heteroatoms. The molecule has 0 atom stereocenters. The van der Waals surface area contributed by atoms with Crippen molar-refractivity contribution in [1.82, 2.24) is 9.79 Å². The molecular weight excluding hydrogens is 398 g/mol. The molecule has 2 rings (SSSR count). The van der Waals surface area contributed by atoms with Gasteiger partial charge in [0.05, 0.1) is 0 Å². The number of aromatic nitrogens is 1. The van der Waals surface area contributed by atoms with Crippen LogP contribution in [0.2, 0.25) is 0 Å². The number of rotatable bonds is 5. The van der Waals surface area contributed by atoms with Crippen LogP contribution in [-0.2, 0) is 9.45 Å². The molecule has 0 fully saturated rings. The van der Waals surface area contributed by atoms with E-state index in [0.717, 1.165) is 0 Å². The monoisotopic (exact) mass is 400 g/mol. The van der Waals surface area contributed by atoms with E-state index in [-0.39, 0.29) is 26.9 Å². The van der Waals surface area contributed by atoms with Crippen LogP contribution in [0.4, 0.5) is 4.39 Å². The van der Waals surface area contributed by atoms with E-state index in [1.165, 1.54) is 0 Å². The fourth-order valence-electron chi connectivity index (χ4n) is 2.68.